The Morgan fingerprint density at radius 2 is 1.82 bits per heavy atom. The van der Waals surface area contributed by atoms with Crippen LogP contribution in [0, 0.1) is 0 Å². The fourth-order valence-electron chi connectivity index (χ4n) is 4.18. The van der Waals surface area contributed by atoms with Crippen LogP contribution in [0.15, 0.2) is 42.5 Å². The number of anilines is 1. The van der Waals surface area contributed by atoms with Crippen LogP contribution >= 0.6 is 0 Å². The molecule has 2 aromatic carbocycles. The molecule has 1 saturated heterocycles. The molecule has 8 heteroatoms. The Balaban J connectivity index is 1.52. The Morgan fingerprint density at radius 1 is 1.06 bits per heavy atom. The highest BCUT2D eigenvalue weighted by atomic mass is 16.5. The van der Waals surface area contributed by atoms with Crippen molar-refractivity contribution in [2.75, 3.05) is 38.3 Å². The van der Waals surface area contributed by atoms with Crippen LogP contribution in [-0.2, 0) is 9.59 Å². The Morgan fingerprint density at radius 3 is 2.58 bits per heavy atom. The summed E-state index contributed by atoms with van der Waals surface area (Å²) in [5.41, 5.74) is 0.800. The van der Waals surface area contributed by atoms with Gasteiger partial charge in [-0.25, -0.2) is 0 Å². The zero-order valence-corrected chi connectivity index (χ0v) is 18.9. The predicted molar refractivity (Wildman–Crippen MR) is 122 cm³/mol. The number of piperidine rings is 1. The van der Waals surface area contributed by atoms with Crippen molar-refractivity contribution in [2.45, 2.75) is 32.2 Å². The normalized spacial score (nSPS) is 16.5. The second-order valence-corrected chi connectivity index (χ2v) is 8.19. The van der Waals surface area contributed by atoms with Gasteiger partial charge in [-0.15, -0.1) is 0 Å². The Labute approximate surface area is 193 Å². The summed E-state index contributed by atoms with van der Waals surface area (Å²) in [6.07, 6.45) is 3.05. The summed E-state index contributed by atoms with van der Waals surface area (Å²) in [5, 5.41) is 0. The van der Waals surface area contributed by atoms with Crippen molar-refractivity contribution < 1.29 is 28.6 Å². The molecule has 174 valence electrons. The maximum Gasteiger partial charge on any atom is 0.265 e. The number of carbonyl (C=O) groups excluding carboxylic acids is 3. The Kier molecular flexibility index (Phi) is 6.82. The lowest BCUT2D eigenvalue weighted by atomic mass is 10.1. The van der Waals surface area contributed by atoms with E-state index >= 15 is 0 Å². The summed E-state index contributed by atoms with van der Waals surface area (Å²) in [5.74, 6) is 0.965. The molecule has 2 aromatic rings. The number of hydrogen-bond donors (Lipinski definition) is 0. The lowest BCUT2D eigenvalue weighted by molar-refractivity contribution is -0.135. The molecule has 1 fully saturated rings. The highest BCUT2D eigenvalue weighted by molar-refractivity contribution is 6.05. The molecule has 1 unspecified atom stereocenters. The summed E-state index contributed by atoms with van der Waals surface area (Å²) in [6.45, 7) is 2.81. The molecule has 4 rings (SSSR count). The van der Waals surface area contributed by atoms with Gasteiger partial charge in [-0.2, -0.15) is 0 Å². The molecular weight excluding hydrogens is 424 g/mol. The molecule has 0 N–H and O–H groups in total. The molecule has 33 heavy (non-hydrogen) atoms. The third-order valence-corrected chi connectivity index (χ3v) is 5.98. The highest BCUT2D eigenvalue weighted by Crippen LogP contribution is 2.35. The Bertz CT molecular complexity index is 1050. The summed E-state index contributed by atoms with van der Waals surface area (Å²) in [4.78, 5) is 41.9. The number of benzene rings is 2. The lowest BCUT2D eigenvalue weighted by Crippen LogP contribution is -2.53. The first-order valence-electron chi connectivity index (χ1n) is 11.2. The van der Waals surface area contributed by atoms with Crippen LogP contribution in [0.3, 0.4) is 0 Å². The molecular formula is C25H28N2O6. The van der Waals surface area contributed by atoms with Crippen LogP contribution in [0.4, 0.5) is 5.69 Å². The molecule has 0 aromatic heterocycles. The van der Waals surface area contributed by atoms with E-state index in [2.05, 4.69) is 0 Å². The lowest BCUT2D eigenvalue weighted by Gasteiger charge is -2.37. The van der Waals surface area contributed by atoms with Crippen LogP contribution in [-0.4, -0.2) is 62.0 Å². The summed E-state index contributed by atoms with van der Waals surface area (Å²) in [6, 6.07) is 11.2. The Hall–Kier alpha value is -3.55. The number of methoxy groups -OCH3 is 1. The van der Waals surface area contributed by atoms with Gasteiger partial charge in [0.05, 0.1) is 12.8 Å². The largest absolute Gasteiger partial charge is 0.497 e. The smallest absolute Gasteiger partial charge is 0.265 e. The van der Waals surface area contributed by atoms with Crippen molar-refractivity contribution in [1.82, 2.24) is 4.90 Å². The van der Waals surface area contributed by atoms with Gasteiger partial charge >= 0.3 is 0 Å². The molecule has 2 aliphatic rings. The van der Waals surface area contributed by atoms with Gasteiger partial charge < -0.3 is 19.1 Å². The van der Waals surface area contributed by atoms with Crippen molar-refractivity contribution >= 4 is 23.3 Å². The van der Waals surface area contributed by atoms with Crippen molar-refractivity contribution in [3.63, 3.8) is 0 Å². The van der Waals surface area contributed by atoms with E-state index < -0.39 is 6.04 Å². The fourth-order valence-corrected chi connectivity index (χ4v) is 4.18. The topological polar surface area (TPSA) is 85.4 Å². The molecule has 0 saturated carbocycles. The van der Waals surface area contributed by atoms with Crippen LogP contribution in [0.5, 0.6) is 17.2 Å². The average Bonchev–Trinajstić information content (AvgIpc) is 2.86. The van der Waals surface area contributed by atoms with E-state index in [-0.39, 0.29) is 30.8 Å². The van der Waals surface area contributed by atoms with E-state index in [4.69, 9.17) is 14.2 Å². The molecule has 0 bridgehead atoms. The number of fused-ring (bicyclic) bond motifs is 1. The van der Waals surface area contributed by atoms with Crippen molar-refractivity contribution in [3.05, 3.63) is 48.0 Å². The maximum absolute atomic E-state index is 13.1. The van der Waals surface area contributed by atoms with Gasteiger partial charge in [0.25, 0.3) is 5.91 Å². The number of ether oxygens (including phenoxy) is 3. The molecule has 1 atom stereocenters. The summed E-state index contributed by atoms with van der Waals surface area (Å²) < 4.78 is 16.3. The predicted octanol–water partition coefficient (Wildman–Crippen LogP) is 3.08. The van der Waals surface area contributed by atoms with Gasteiger partial charge in [0.1, 0.15) is 23.3 Å². The van der Waals surface area contributed by atoms with Crippen molar-refractivity contribution in [1.29, 1.82) is 0 Å². The van der Waals surface area contributed by atoms with Crippen LogP contribution in [0.2, 0.25) is 0 Å². The molecule has 0 aliphatic carbocycles. The molecule has 0 radical (unpaired) electrons. The van der Waals surface area contributed by atoms with E-state index in [1.807, 2.05) is 4.90 Å². The minimum absolute atomic E-state index is 0.0889. The average molecular weight is 453 g/mol. The number of nitrogens with zero attached hydrogens (tertiary/aromatic N) is 2. The maximum atomic E-state index is 13.1. The van der Waals surface area contributed by atoms with Crippen LogP contribution in [0.25, 0.3) is 0 Å². The second kappa shape index (κ2) is 9.94. The summed E-state index contributed by atoms with van der Waals surface area (Å²) >= 11 is 0. The van der Waals surface area contributed by atoms with Gasteiger partial charge in [-0.3, -0.25) is 19.3 Å². The zero-order valence-electron chi connectivity index (χ0n) is 18.9. The minimum Gasteiger partial charge on any atom is -0.497 e. The molecule has 0 spiro atoms. The zero-order chi connectivity index (χ0) is 23.4. The van der Waals surface area contributed by atoms with Gasteiger partial charge in [0, 0.05) is 24.7 Å². The molecule has 2 amide bonds. The summed E-state index contributed by atoms with van der Waals surface area (Å²) in [7, 11) is 1.56. The monoisotopic (exact) mass is 452 g/mol. The standard InChI is InChI=1S/C25H28N2O6/c1-17(25(30)26-11-4-3-5-12-26)27-21-13-18(9-10-23(21)33-16-24(27)29)22(28)15-32-20-8-6-7-19(14-20)31-2/h6-10,13-14,17H,3-5,11-12,15-16H2,1-2H3. The minimum atomic E-state index is -0.684. The second-order valence-electron chi connectivity index (χ2n) is 8.19. The van der Waals surface area contributed by atoms with Crippen molar-refractivity contribution in [2.24, 2.45) is 0 Å². The van der Waals surface area contributed by atoms with E-state index in [9.17, 15) is 14.4 Å². The van der Waals surface area contributed by atoms with E-state index in [0.717, 1.165) is 19.3 Å². The van der Waals surface area contributed by atoms with E-state index in [1.165, 1.54) is 4.90 Å². The first-order valence-corrected chi connectivity index (χ1v) is 11.2. The quantitative estimate of drug-likeness (QED) is 0.601. The molecule has 2 heterocycles. The number of likely N-dealkylation sites (tertiary alicyclic amines) is 1. The van der Waals surface area contributed by atoms with Crippen LogP contribution < -0.4 is 19.1 Å². The molecule has 8 nitrogen and oxygen atoms in total. The van der Waals surface area contributed by atoms with E-state index in [1.54, 1.807) is 56.5 Å². The number of Topliss-reactive ketones (excluding diaryl/α,β-unsaturated/α-hetero) is 1. The number of hydrogen-bond acceptors (Lipinski definition) is 6. The first kappa shape index (κ1) is 22.6. The van der Waals surface area contributed by atoms with Gasteiger partial charge in [-0.05, 0) is 56.5 Å². The first-order chi connectivity index (χ1) is 16.0. The third kappa shape index (κ3) is 4.94. The van der Waals surface area contributed by atoms with E-state index in [0.29, 0.717) is 41.6 Å². The van der Waals surface area contributed by atoms with Crippen LogP contribution in [0.1, 0.15) is 36.5 Å². The van der Waals surface area contributed by atoms with Crippen molar-refractivity contribution in [3.8, 4) is 17.2 Å². The molecule has 2 aliphatic heterocycles. The van der Waals surface area contributed by atoms with Gasteiger partial charge in [-0.1, -0.05) is 6.07 Å². The fraction of sp³-hybridized carbons (Fsp3) is 0.400. The number of carbonyl (C=O) groups is 3. The SMILES string of the molecule is COc1cccc(OCC(=O)c2ccc3c(c2)N(C(C)C(=O)N2CCCCC2)C(=O)CO3)c1. The highest BCUT2D eigenvalue weighted by Gasteiger charge is 2.35. The third-order valence-electron chi connectivity index (χ3n) is 5.98. The number of rotatable bonds is 7. The van der Waals surface area contributed by atoms with Gasteiger partial charge in [0.15, 0.2) is 19.0 Å². The number of amides is 2. The van der Waals surface area contributed by atoms with Gasteiger partial charge in [0.2, 0.25) is 5.91 Å². The number of ketones is 1.